The number of likely N-dealkylation sites (N-methyl/N-ethyl adjacent to an activating group) is 1. The van der Waals surface area contributed by atoms with Crippen molar-refractivity contribution in [1.29, 1.82) is 0 Å². The van der Waals surface area contributed by atoms with E-state index < -0.39 is 0 Å². The SMILES string of the molecule is C=C(Nc1cccc(C)c1)c1nn(Cc2cccc3cc(NC)ccc23)c2c1CN(C(=C)c1ccc[nH]1)CC2C.C=C/C=C/CN(C)C. The van der Waals surface area contributed by atoms with Crippen LogP contribution in [-0.2, 0) is 13.1 Å². The molecule has 0 aliphatic carbocycles. The molecule has 3 N–H and O–H groups in total. The molecule has 0 saturated carbocycles. The maximum Gasteiger partial charge on any atom is 0.113 e. The summed E-state index contributed by atoms with van der Waals surface area (Å²) in [5, 5.41) is 14.5. The lowest BCUT2D eigenvalue weighted by molar-refractivity contribution is 0.333. The Hall–Kier alpha value is -5.27. The lowest BCUT2D eigenvalue weighted by Crippen LogP contribution is -2.32. The van der Waals surface area contributed by atoms with Crippen LogP contribution in [0.15, 0.2) is 117 Å². The Morgan fingerprint density at radius 1 is 1.04 bits per heavy atom. The second-order valence-corrected chi connectivity index (χ2v) is 12.7. The van der Waals surface area contributed by atoms with E-state index in [4.69, 9.17) is 5.10 Å². The van der Waals surface area contributed by atoms with Crippen LogP contribution in [0, 0.1) is 6.92 Å². The van der Waals surface area contributed by atoms with Crippen molar-refractivity contribution in [2.24, 2.45) is 0 Å². The Morgan fingerprint density at radius 2 is 1.85 bits per heavy atom. The number of fused-ring (bicyclic) bond motifs is 2. The third-order valence-corrected chi connectivity index (χ3v) is 8.62. The summed E-state index contributed by atoms with van der Waals surface area (Å²) in [6.45, 7) is 20.1. The first-order chi connectivity index (χ1) is 23.2. The van der Waals surface area contributed by atoms with Gasteiger partial charge < -0.3 is 25.4 Å². The van der Waals surface area contributed by atoms with E-state index in [1.54, 1.807) is 6.08 Å². The van der Waals surface area contributed by atoms with E-state index in [0.717, 1.165) is 53.8 Å². The van der Waals surface area contributed by atoms with E-state index >= 15 is 0 Å². The summed E-state index contributed by atoms with van der Waals surface area (Å²) in [7, 11) is 6.02. The molecule has 0 saturated heterocycles. The van der Waals surface area contributed by atoms with Crippen LogP contribution in [0.25, 0.3) is 22.2 Å². The van der Waals surface area contributed by atoms with Crippen molar-refractivity contribution in [3.63, 3.8) is 0 Å². The largest absolute Gasteiger partial charge is 0.388 e. The minimum absolute atomic E-state index is 0.259. The van der Waals surface area contributed by atoms with Crippen molar-refractivity contribution >= 4 is 33.5 Å². The highest BCUT2D eigenvalue weighted by molar-refractivity contribution is 5.88. The van der Waals surface area contributed by atoms with Crippen LogP contribution in [0.3, 0.4) is 0 Å². The van der Waals surface area contributed by atoms with Gasteiger partial charge in [0, 0.05) is 61.4 Å². The predicted molar refractivity (Wildman–Crippen MR) is 205 cm³/mol. The first-order valence-electron chi connectivity index (χ1n) is 16.5. The predicted octanol–water partition coefficient (Wildman–Crippen LogP) is 8.73. The molecule has 3 heterocycles. The number of aromatic nitrogens is 3. The van der Waals surface area contributed by atoms with Gasteiger partial charge in [0.1, 0.15) is 5.69 Å². The number of rotatable bonds is 11. The van der Waals surface area contributed by atoms with Crippen molar-refractivity contribution < 1.29 is 0 Å². The van der Waals surface area contributed by atoms with E-state index in [0.29, 0.717) is 6.54 Å². The third-order valence-electron chi connectivity index (χ3n) is 8.62. The number of hydrogen-bond acceptors (Lipinski definition) is 5. The molecule has 3 aromatic carbocycles. The normalized spacial score (nSPS) is 14.0. The Kier molecular flexibility index (Phi) is 11.0. The van der Waals surface area contributed by atoms with Crippen molar-refractivity contribution in [3.05, 3.63) is 151 Å². The number of hydrogen-bond donors (Lipinski definition) is 3. The van der Waals surface area contributed by atoms with Crippen LogP contribution < -0.4 is 10.6 Å². The summed E-state index contributed by atoms with van der Waals surface area (Å²) in [6, 6.07) is 25.5. The van der Waals surface area contributed by atoms with Crippen LogP contribution >= 0.6 is 0 Å². The maximum atomic E-state index is 5.23. The van der Waals surface area contributed by atoms with E-state index in [9.17, 15) is 0 Å². The summed E-state index contributed by atoms with van der Waals surface area (Å²) in [5.41, 5.74) is 10.8. The summed E-state index contributed by atoms with van der Waals surface area (Å²) in [4.78, 5) is 7.76. The number of anilines is 2. The fraction of sp³-hybridized carbons (Fsp3) is 0.244. The molecule has 6 rings (SSSR count). The highest BCUT2D eigenvalue weighted by atomic mass is 15.3. The Balaban J connectivity index is 0.000000503. The van der Waals surface area contributed by atoms with Crippen molar-refractivity contribution in [1.82, 2.24) is 24.6 Å². The monoisotopic (exact) mass is 639 g/mol. The maximum absolute atomic E-state index is 5.23. The Morgan fingerprint density at radius 3 is 2.56 bits per heavy atom. The van der Waals surface area contributed by atoms with Gasteiger partial charge in [-0.05, 0) is 79.3 Å². The summed E-state index contributed by atoms with van der Waals surface area (Å²) >= 11 is 0. The number of aromatic amines is 1. The average molecular weight is 640 g/mol. The smallest absolute Gasteiger partial charge is 0.113 e. The topological polar surface area (TPSA) is 64.2 Å². The molecule has 0 spiro atoms. The minimum Gasteiger partial charge on any atom is -0.388 e. The van der Waals surface area contributed by atoms with Gasteiger partial charge >= 0.3 is 0 Å². The summed E-state index contributed by atoms with van der Waals surface area (Å²) < 4.78 is 2.20. The van der Waals surface area contributed by atoms with Gasteiger partial charge in [-0.25, -0.2) is 0 Å². The van der Waals surface area contributed by atoms with Crippen molar-refractivity contribution in [2.45, 2.75) is 32.9 Å². The molecule has 7 nitrogen and oxygen atoms in total. The summed E-state index contributed by atoms with van der Waals surface area (Å²) in [6.07, 6.45) is 7.73. The van der Waals surface area contributed by atoms with Crippen LogP contribution in [0.4, 0.5) is 11.4 Å². The molecule has 7 heteroatoms. The lowest BCUT2D eigenvalue weighted by Gasteiger charge is -2.34. The van der Waals surface area contributed by atoms with E-state index in [-0.39, 0.29) is 5.92 Å². The molecule has 0 amide bonds. The Labute approximate surface area is 286 Å². The number of nitrogens with one attached hydrogen (secondary N) is 3. The quantitative estimate of drug-likeness (QED) is 0.126. The van der Waals surface area contributed by atoms with Gasteiger partial charge in [0.05, 0.1) is 23.6 Å². The molecule has 248 valence electrons. The van der Waals surface area contributed by atoms with Gasteiger partial charge in [-0.3, -0.25) is 4.68 Å². The van der Waals surface area contributed by atoms with Crippen molar-refractivity contribution in [3.8, 4) is 0 Å². The molecule has 1 aliphatic rings. The van der Waals surface area contributed by atoms with Gasteiger partial charge in [0.25, 0.3) is 0 Å². The molecule has 48 heavy (non-hydrogen) atoms. The molecule has 0 radical (unpaired) electrons. The van der Waals surface area contributed by atoms with Gasteiger partial charge in [-0.1, -0.05) is 81.3 Å². The van der Waals surface area contributed by atoms with E-state index in [2.05, 4.69) is 136 Å². The standard InChI is InChI=1S/C34H36N6.C7H13N/c1-22-9-6-12-29(17-22)37-24(3)33-31-21-39(25(4)32-13-8-16-36-32)19-23(2)34(31)40(38-33)20-27-11-7-10-26-18-28(35-5)14-15-30(26)27;1-4-5-6-7-8(2)3/h6-18,23,35-37H,3-4,19-21H2,1-2,5H3;4-6H,1,7H2,2-3H3/b;6-5+. The Bertz CT molecular complexity index is 1910. The van der Waals surface area contributed by atoms with E-state index in [1.807, 2.05) is 39.5 Å². The fourth-order valence-electron chi connectivity index (χ4n) is 6.27. The lowest BCUT2D eigenvalue weighted by atomic mass is 9.94. The second-order valence-electron chi connectivity index (χ2n) is 12.7. The molecule has 5 aromatic rings. The second kappa shape index (κ2) is 15.5. The number of benzene rings is 3. The number of aryl methyl sites for hydroxylation is 1. The van der Waals surface area contributed by atoms with Gasteiger partial charge in [-0.15, -0.1) is 0 Å². The highest BCUT2D eigenvalue weighted by Gasteiger charge is 2.32. The van der Waals surface area contributed by atoms with Crippen molar-refractivity contribution in [2.75, 3.05) is 44.9 Å². The van der Waals surface area contributed by atoms with Crippen LogP contribution in [0.2, 0.25) is 0 Å². The molecular weight excluding hydrogens is 591 g/mol. The zero-order valence-corrected chi connectivity index (χ0v) is 29.1. The highest BCUT2D eigenvalue weighted by Crippen LogP contribution is 2.37. The molecule has 1 unspecified atom stereocenters. The average Bonchev–Trinajstić information content (AvgIpc) is 3.74. The zero-order valence-electron chi connectivity index (χ0n) is 29.1. The van der Waals surface area contributed by atoms with Crippen LogP contribution in [0.5, 0.6) is 0 Å². The zero-order chi connectivity index (χ0) is 34.2. The molecule has 0 bridgehead atoms. The minimum atomic E-state index is 0.259. The number of nitrogens with zero attached hydrogens (tertiary/aromatic N) is 4. The summed E-state index contributed by atoms with van der Waals surface area (Å²) in [5.74, 6) is 0.259. The van der Waals surface area contributed by atoms with Crippen LogP contribution in [0.1, 0.15) is 46.6 Å². The molecule has 0 fully saturated rings. The number of H-pyrrole nitrogens is 1. The van der Waals surface area contributed by atoms with Gasteiger partial charge in [0.15, 0.2) is 0 Å². The fourth-order valence-corrected chi connectivity index (χ4v) is 6.27. The first kappa shape index (κ1) is 34.1. The molecule has 1 atom stereocenters. The molecule has 2 aromatic heterocycles. The van der Waals surface area contributed by atoms with Gasteiger partial charge in [-0.2, -0.15) is 5.10 Å². The van der Waals surface area contributed by atoms with E-state index in [1.165, 1.54) is 33.2 Å². The third kappa shape index (κ3) is 7.99. The molecule has 1 aliphatic heterocycles. The van der Waals surface area contributed by atoms with Crippen LogP contribution in [-0.4, -0.2) is 58.8 Å². The first-order valence-corrected chi connectivity index (χ1v) is 16.5. The van der Waals surface area contributed by atoms with Gasteiger partial charge in [0.2, 0.25) is 0 Å². The molecular formula is C41H49N7. The number of allylic oxidation sites excluding steroid dienone is 2.